The van der Waals surface area contributed by atoms with Gasteiger partial charge in [0.25, 0.3) is 5.91 Å². The van der Waals surface area contributed by atoms with E-state index in [4.69, 9.17) is 16.2 Å². The predicted octanol–water partition coefficient (Wildman–Crippen LogP) is 0.857. The number of guanidine groups is 1. The average Bonchev–Trinajstić information content (AvgIpc) is 2.84. The molecule has 206 valence electrons. The van der Waals surface area contributed by atoms with Crippen molar-refractivity contribution in [2.24, 2.45) is 16.5 Å². The van der Waals surface area contributed by atoms with Crippen molar-refractivity contribution in [2.45, 2.75) is 49.9 Å². The molecule has 0 aliphatic carbocycles. The van der Waals surface area contributed by atoms with Gasteiger partial charge in [-0.2, -0.15) is 0 Å². The van der Waals surface area contributed by atoms with E-state index >= 15 is 0 Å². The van der Waals surface area contributed by atoms with Crippen LogP contribution in [0.15, 0.2) is 64.5 Å². The van der Waals surface area contributed by atoms with Crippen LogP contribution in [-0.4, -0.2) is 66.7 Å². The number of carboxylic acid groups (broad SMARTS) is 1. The summed E-state index contributed by atoms with van der Waals surface area (Å²) in [5.74, 6) is -2.99. The molecule has 1 unspecified atom stereocenters. The van der Waals surface area contributed by atoms with Gasteiger partial charge in [0, 0.05) is 26.3 Å². The number of amides is 2. The number of sulfone groups is 1. The highest BCUT2D eigenvalue weighted by atomic mass is 32.2. The van der Waals surface area contributed by atoms with E-state index < -0.39 is 39.4 Å². The van der Waals surface area contributed by atoms with Crippen molar-refractivity contribution in [2.75, 3.05) is 12.8 Å². The number of carboxylic acids is 1. The van der Waals surface area contributed by atoms with Gasteiger partial charge in [0.1, 0.15) is 5.75 Å². The monoisotopic (exact) mass is 547 g/mol. The van der Waals surface area contributed by atoms with Gasteiger partial charge in [0.2, 0.25) is 5.91 Å². The Morgan fingerprint density at radius 1 is 1.11 bits per heavy atom. The molecule has 2 amide bonds. The van der Waals surface area contributed by atoms with Crippen LogP contribution >= 0.6 is 0 Å². The maximum atomic E-state index is 13.5. The van der Waals surface area contributed by atoms with E-state index in [9.17, 15) is 27.9 Å². The molecule has 38 heavy (non-hydrogen) atoms. The standard InChI is InChI=1S/C25H33N5O7S/c1-17(37-20-8-5-4-6-9-20)22(32)30(18(2)31)25(23(33)34,14-7-15-28-24(26)27)29-16-19-10-12-21(13-11-19)38(3,35)36/h4-6,8-13,17,29H,7,14-16H2,1-3H3,(H,33,34)(H4,26,27,28)/t17?,25-/m0/s1. The molecular formula is C25H33N5O7S. The highest BCUT2D eigenvalue weighted by Crippen LogP contribution is 2.24. The third-order valence-corrected chi connectivity index (χ3v) is 6.73. The Hall–Kier alpha value is -3.97. The van der Waals surface area contributed by atoms with Crippen molar-refractivity contribution in [3.05, 3.63) is 60.2 Å². The molecule has 0 radical (unpaired) electrons. The first-order valence-corrected chi connectivity index (χ1v) is 13.6. The predicted molar refractivity (Wildman–Crippen MR) is 141 cm³/mol. The van der Waals surface area contributed by atoms with Gasteiger partial charge in [-0.1, -0.05) is 30.3 Å². The molecule has 0 saturated heterocycles. The van der Waals surface area contributed by atoms with E-state index in [2.05, 4.69) is 10.3 Å². The summed E-state index contributed by atoms with van der Waals surface area (Å²) in [6.07, 6.45) is -0.256. The van der Waals surface area contributed by atoms with Crippen molar-refractivity contribution < 1.29 is 32.6 Å². The molecule has 2 rings (SSSR count). The molecule has 0 saturated carbocycles. The van der Waals surface area contributed by atoms with Crippen LogP contribution in [0.2, 0.25) is 0 Å². The average molecular weight is 548 g/mol. The molecular weight excluding hydrogens is 514 g/mol. The number of carbonyl (C=O) groups excluding carboxylic acids is 2. The number of rotatable bonds is 13. The molecule has 0 fully saturated rings. The Labute approximate surface area is 221 Å². The number of aliphatic carboxylic acids is 1. The summed E-state index contributed by atoms with van der Waals surface area (Å²) in [7, 11) is -3.43. The van der Waals surface area contributed by atoms with Crippen LogP contribution in [0, 0.1) is 0 Å². The van der Waals surface area contributed by atoms with E-state index in [1.54, 1.807) is 30.3 Å². The van der Waals surface area contributed by atoms with E-state index in [0.717, 1.165) is 13.2 Å². The lowest BCUT2D eigenvalue weighted by atomic mass is 9.99. The quantitative estimate of drug-likeness (QED) is 0.121. The fraction of sp³-hybridized carbons (Fsp3) is 0.360. The molecule has 12 nitrogen and oxygen atoms in total. The number of hydrogen-bond acceptors (Lipinski definition) is 8. The van der Waals surface area contributed by atoms with Gasteiger partial charge in [-0.3, -0.25) is 19.9 Å². The minimum Gasteiger partial charge on any atom is -0.481 e. The lowest BCUT2D eigenvalue weighted by Gasteiger charge is -2.40. The second kappa shape index (κ2) is 13.0. The Balaban J connectivity index is 2.44. The molecule has 0 aromatic heterocycles. The van der Waals surface area contributed by atoms with E-state index in [1.807, 2.05) is 0 Å². The molecule has 0 bridgehead atoms. The Bertz CT molecular complexity index is 1260. The number of nitrogens with one attached hydrogen (secondary N) is 1. The minimum absolute atomic E-state index is 0.0537. The van der Waals surface area contributed by atoms with Gasteiger partial charge in [-0.25, -0.2) is 18.1 Å². The van der Waals surface area contributed by atoms with Crippen LogP contribution in [0.5, 0.6) is 5.75 Å². The van der Waals surface area contributed by atoms with E-state index in [0.29, 0.717) is 16.2 Å². The summed E-state index contributed by atoms with van der Waals surface area (Å²) in [5.41, 5.74) is 9.07. The number of nitrogens with zero attached hydrogens (tertiary/aromatic N) is 2. The highest BCUT2D eigenvalue weighted by Gasteiger charge is 2.49. The first-order chi connectivity index (χ1) is 17.8. The van der Waals surface area contributed by atoms with Gasteiger partial charge < -0.3 is 21.3 Å². The fourth-order valence-electron chi connectivity index (χ4n) is 3.75. The van der Waals surface area contributed by atoms with Crippen LogP contribution in [0.1, 0.15) is 32.3 Å². The van der Waals surface area contributed by atoms with Gasteiger partial charge in [0.05, 0.1) is 4.90 Å². The molecule has 6 N–H and O–H groups in total. The smallest absolute Gasteiger partial charge is 0.345 e. The molecule has 0 aliphatic heterocycles. The second-order valence-corrected chi connectivity index (χ2v) is 10.6. The molecule has 2 aromatic rings. The summed E-state index contributed by atoms with van der Waals surface area (Å²) in [6.45, 7) is 2.45. The van der Waals surface area contributed by atoms with Crippen molar-refractivity contribution in [3.8, 4) is 5.75 Å². The summed E-state index contributed by atoms with van der Waals surface area (Å²) < 4.78 is 29.2. The molecule has 0 aliphatic rings. The number of ether oxygens (including phenoxy) is 1. The van der Waals surface area contributed by atoms with Crippen LogP contribution in [0.4, 0.5) is 0 Å². The molecule has 2 aromatic carbocycles. The van der Waals surface area contributed by atoms with Gasteiger partial charge >= 0.3 is 5.97 Å². The van der Waals surface area contributed by atoms with Crippen LogP contribution in [-0.2, 0) is 30.8 Å². The summed E-state index contributed by atoms with van der Waals surface area (Å²) in [6, 6.07) is 14.2. The lowest BCUT2D eigenvalue weighted by Crippen LogP contribution is -2.68. The number of para-hydroxylation sites is 1. The normalized spacial score (nSPS) is 13.6. The number of nitrogens with two attached hydrogens (primary N) is 2. The number of carbonyl (C=O) groups is 3. The van der Waals surface area contributed by atoms with Crippen LogP contribution in [0.25, 0.3) is 0 Å². The SMILES string of the molecule is CC(=O)N(C(=O)C(C)Oc1ccccc1)[C@](CCCN=C(N)N)(NCc1ccc(S(C)(=O)=O)cc1)C(=O)O. The first-order valence-electron chi connectivity index (χ1n) is 11.7. The third-order valence-electron chi connectivity index (χ3n) is 5.60. The maximum Gasteiger partial charge on any atom is 0.345 e. The minimum atomic E-state index is -3.43. The zero-order valence-corrected chi connectivity index (χ0v) is 22.3. The second-order valence-electron chi connectivity index (χ2n) is 8.61. The largest absolute Gasteiger partial charge is 0.481 e. The number of hydrogen-bond donors (Lipinski definition) is 4. The van der Waals surface area contributed by atoms with Crippen LogP contribution in [0.3, 0.4) is 0 Å². The Morgan fingerprint density at radius 2 is 1.71 bits per heavy atom. The number of benzene rings is 2. The Kier molecular flexibility index (Phi) is 10.4. The lowest BCUT2D eigenvalue weighted by molar-refractivity contribution is -0.172. The zero-order chi connectivity index (χ0) is 28.5. The van der Waals surface area contributed by atoms with Gasteiger partial charge in [-0.05, 0) is 49.6 Å². The summed E-state index contributed by atoms with van der Waals surface area (Å²) in [4.78, 5) is 43.7. The molecule has 13 heteroatoms. The van der Waals surface area contributed by atoms with E-state index in [1.165, 1.54) is 31.2 Å². The molecule has 0 spiro atoms. The number of aliphatic imine (C=N–C) groups is 1. The van der Waals surface area contributed by atoms with Crippen LogP contribution < -0.4 is 21.5 Å². The van der Waals surface area contributed by atoms with E-state index in [-0.39, 0.29) is 36.8 Å². The third kappa shape index (κ3) is 8.02. The molecule has 2 atom stereocenters. The van der Waals surface area contributed by atoms with Crippen molar-refractivity contribution in [1.82, 2.24) is 10.2 Å². The van der Waals surface area contributed by atoms with Crippen molar-refractivity contribution >= 4 is 33.6 Å². The zero-order valence-electron chi connectivity index (χ0n) is 21.5. The van der Waals surface area contributed by atoms with Gasteiger partial charge in [0.15, 0.2) is 27.6 Å². The molecule has 0 heterocycles. The van der Waals surface area contributed by atoms with Crippen molar-refractivity contribution in [1.29, 1.82) is 0 Å². The number of imide groups is 1. The Morgan fingerprint density at radius 3 is 2.21 bits per heavy atom. The summed E-state index contributed by atoms with van der Waals surface area (Å²) >= 11 is 0. The highest BCUT2D eigenvalue weighted by molar-refractivity contribution is 7.90. The first kappa shape index (κ1) is 30.3. The topological polar surface area (TPSA) is 194 Å². The summed E-state index contributed by atoms with van der Waals surface area (Å²) in [5, 5.41) is 13.2. The maximum absolute atomic E-state index is 13.5. The van der Waals surface area contributed by atoms with Crippen molar-refractivity contribution in [3.63, 3.8) is 0 Å². The fourth-order valence-corrected chi connectivity index (χ4v) is 4.38. The van der Waals surface area contributed by atoms with Gasteiger partial charge in [-0.15, -0.1) is 0 Å².